The van der Waals surface area contributed by atoms with Crippen molar-refractivity contribution < 1.29 is 4.39 Å². The maximum absolute atomic E-state index is 13.6. The minimum Gasteiger partial charge on any atom is -0.336 e. The predicted octanol–water partition coefficient (Wildman–Crippen LogP) is 4.54. The lowest BCUT2D eigenvalue weighted by Crippen LogP contribution is -1.99. The van der Waals surface area contributed by atoms with Crippen LogP contribution in [0.1, 0.15) is 0 Å². The highest BCUT2D eigenvalue weighted by Crippen LogP contribution is 2.30. The van der Waals surface area contributed by atoms with Crippen LogP contribution in [0.4, 0.5) is 15.9 Å². The van der Waals surface area contributed by atoms with Gasteiger partial charge in [-0.05, 0) is 55.6 Å². The lowest BCUT2D eigenvalue weighted by Gasteiger charge is -2.10. The topological polar surface area (TPSA) is 37.8 Å². The molecule has 0 atom stereocenters. The third-order valence-corrected chi connectivity index (χ3v) is 3.34. The Hall–Kier alpha value is -0.720. The zero-order valence-electron chi connectivity index (χ0n) is 8.22. The molecule has 0 fully saturated rings. The molecule has 0 amide bonds. The lowest BCUT2D eigenvalue weighted by molar-refractivity contribution is 0.631. The van der Waals surface area contributed by atoms with Crippen molar-refractivity contribution in [2.24, 2.45) is 0 Å². The standard InChI is InChI=1S/C10H5Br2ClFN3/c11-5-2-1-3-7(14)8(5)16-9-6(12)4-15-10(13)17-9/h1-4H,(H,15,16,17). The molecule has 7 heteroatoms. The van der Waals surface area contributed by atoms with E-state index in [0.717, 1.165) is 0 Å². The molecule has 2 aromatic rings. The summed E-state index contributed by atoms with van der Waals surface area (Å²) in [6.45, 7) is 0. The summed E-state index contributed by atoms with van der Waals surface area (Å²) in [6, 6.07) is 4.68. The number of hydrogen-bond acceptors (Lipinski definition) is 3. The number of nitrogens with one attached hydrogen (secondary N) is 1. The number of aromatic nitrogens is 2. The van der Waals surface area contributed by atoms with Gasteiger partial charge in [0, 0.05) is 10.7 Å². The Morgan fingerprint density at radius 3 is 2.71 bits per heavy atom. The molecule has 2 rings (SSSR count). The van der Waals surface area contributed by atoms with Gasteiger partial charge in [0.2, 0.25) is 5.28 Å². The maximum atomic E-state index is 13.6. The second-order valence-corrected chi connectivity index (χ2v) is 5.10. The molecule has 1 aromatic carbocycles. The van der Waals surface area contributed by atoms with Crippen molar-refractivity contribution in [1.29, 1.82) is 0 Å². The van der Waals surface area contributed by atoms with E-state index in [1.165, 1.54) is 12.3 Å². The molecule has 0 saturated carbocycles. The number of benzene rings is 1. The van der Waals surface area contributed by atoms with Gasteiger partial charge in [-0.1, -0.05) is 6.07 Å². The van der Waals surface area contributed by atoms with Crippen LogP contribution in [0.5, 0.6) is 0 Å². The first-order chi connectivity index (χ1) is 8.08. The second-order valence-electron chi connectivity index (χ2n) is 3.06. The van der Waals surface area contributed by atoms with Crippen LogP contribution in [0, 0.1) is 5.82 Å². The van der Waals surface area contributed by atoms with Crippen LogP contribution in [0.3, 0.4) is 0 Å². The highest BCUT2D eigenvalue weighted by Gasteiger charge is 2.10. The summed E-state index contributed by atoms with van der Waals surface area (Å²) in [5, 5.41) is 2.93. The molecular formula is C10H5Br2ClFN3. The Labute approximate surface area is 119 Å². The monoisotopic (exact) mass is 379 g/mol. The Bertz CT molecular complexity index is 545. The molecule has 1 N–H and O–H groups in total. The van der Waals surface area contributed by atoms with Gasteiger partial charge in [0.25, 0.3) is 0 Å². The minimum atomic E-state index is -0.388. The van der Waals surface area contributed by atoms with E-state index in [1.54, 1.807) is 12.1 Å². The van der Waals surface area contributed by atoms with Gasteiger partial charge in [0.05, 0.1) is 10.2 Å². The van der Waals surface area contributed by atoms with Gasteiger partial charge in [-0.2, -0.15) is 4.98 Å². The van der Waals surface area contributed by atoms with Gasteiger partial charge >= 0.3 is 0 Å². The Morgan fingerprint density at radius 1 is 1.24 bits per heavy atom. The first kappa shape index (κ1) is 12.7. The van der Waals surface area contributed by atoms with Crippen molar-refractivity contribution in [1.82, 2.24) is 9.97 Å². The van der Waals surface area contributed by atoms with Gasteiger partial charge in [-0.25, -0.2) is 9.37 Å². The quantitative estimate of drug-likeness (QED) is 0.777. The molecule has 0 aliphatic heterocycles. The van der Waals surface area contributed by atoms with Crippen LogP contribution < -0.4 is 5.32 Å². The number of hydrogen-bond donors (Lipinski definition) is 1. The fourth-order valence-corrected chi connectivity index (χ4v) is 2.03. The summed E-state index contributed by atoms with van der Waals surface area (Å²) in [5.41, 5.74) is 0.294. The molecule has 1 heterocycles. The summed E-state index contributed by atoms with van der Waals surface area (Å²) >= 11 is 12.2. The SMILES string of the molecule is Fc1cccc(Br)c1Nc1nc(Cl)ncc1Br. The molecule has 88 valence electrons. The summed E-state index contributed by atoms with van der Waals surface area (Å²) in [6.07, 6.45) is 1.49. The van der Waals surface area contributed by atoms with E-state index < -0.39 is 0 Å². The number of halogens is 4. The summed E-state index contributed by atoms with van der Waals surface area (Å²) in [7, 11) is 0. The number of rotatable bonds is 2. The van der Waals surface area contributed by atoms with Gasteiger partial charge in [0.15, 0.2) is 0 Å². The Kier molecular flexibility index (Phi) is 3.96. The molecule has 0 aliphatic rings. The second kappa shape index (κ2) is 5.29. The molecule has 0 aliphatic carbocycles. The number of nitrogens with zero attached hydrogens (tertiary/aromatic N) is 2. The van der Waals surface area contributed by atoms with Crippen LogP contribution in [0.25, 0.3) is 0 Å². The summed E-state index contributed by atoms with van der Waals surface area (Å²) in [5.74, 6) is 0.0109. The van der Waals surface area contributed by atoms with Crippen molar-refractivity contribution in [2.45, 2.75) is 0 Å². The van der Waals surface area contributed by atoms with Crippen LogP contribution in [0.15, 0.2) is 33.3 Å². The van der Waals surface area contributed by atoms with Crippen LogP contribution in [0.2, 0.25) is 5.28 Å². The third-order valence-electron chi connectivity index (χ3n) is 1.92. The van der Waals surface area contributed by atoms with E-state index in [-0.39, 0.29) is 11.1 Å². The first-order valence-electron chi connectivity index (χ1n) is 4.47. The largest absolute Gasteiger partial charge is 0.336 e. The highest BCUT2D eigenvalue weighted by molar-refractivity contribution is 9.11. The van der Waals surface area contributed by atoms with E-state index in [1.807, 2.05) is 0 Å². The van der Waals surface area contributed by atoms with Gasteiger partial charge in [-0.15, -0.1) is 0 Å². The fraction of sp³-hybridized carbons (Fsp3) is 0. The van der Waals surface area contributed by atoms with Crippen LogP contribution in [-0.2, 0) is 0 Å². The van der Waals surface area contributed by atoms with Crippen molar-refractivity contribution in [3.63, 3.8) is 0 Å². The van der Waals surface area contributed by atoms with Crippen LogP contribution in [-0.4, -0.2) is 9.97 Å². The molecule has 0 spiro atoms. The highest BCUT2D eigenvalue weighted by atomic mass is 79.9. The number of para-hydroxylation sites is 1. The molecule has 1 aromatic heterocycles. The van der Waals surface area contributed by atoms with E-state index >= 15 is 0 Å². The van der Waals surface area contributed by atoms with E-state index in [0.29, 0.717) is 20.5 Å². The van der Waals surface area contributed by atoms with Crippen molar-refractivity contribution in [3.8, 4) is 0 Å². The average Bonchev–Trinajstić information content (AvgIpc) is 2.28. The molecule has 17 heavy (non-hydrogen) atoms. The molecule has 0 unspecified atom stereocenters. The van der Waals surface area contributed by atoms with E-state index in [4.69, 9.17) is 11.6 Å². The average molecular weight is 381 g/mol. The predicted molar refractivity (Wildman–Crippen MR) is 72.1 cm³/mol. The van der Waals surface area contributed by atoms with Crippen molar-refractivity contribution >= 4 is 55.0 Å². The van der Waals surface area contributed by atoms with E-state index in [2.05, 4.69) is 47.1 Å². The summed E-state index contributed by atoms with van der Waals surface area (Å²) in [4.78, 5) is 7.75. The Morgan fingerprint density at radius 2 is 2.00 bits per heavy atom. The fourth-order valence-electron chi connectivity index (χ4n) is 1.17. The zero-order valence-corrected chi connectivity index (χ0v) is 12.1. The van der Waals surface area contributed by atoms with Gasteiger partial charge in [0.1, 0.15) is 11.6 Å². The van der Waals surface area contributed by atoms with Gasteiger partial charge < -0.3 is 5.32 Å². The zero-order chi connectivity index (χ0) is 12.4. The number of anilines is 2. The Balaban J connectivity index is 2.41. The molecule has 0 bridgehead atoms. The van der Waals surface area contributed by atoms with Crippen molar-refractivity contribution in [2.75, 3.05) is 5.32 Å². The molecular weight excluding hydrogens is 376 g/mol. The first-order valence-corrected chi connectivity index (χ1v) is 6.43. The minimum absolute atomic E-state index is 0.0863. The normalized spacial score (nSPS) is 10.4. The van der Waals surface area contributed by atoms with E-state index in [9.17, 15) is 4.39 Å². The molecule has 0 radical (unpaired) electrons. The lowest BCUT2D eigenvalue weighted by atomic mass is 10.3. The molecule has 3 nitrogen and oxygen atoms in total. The smallest absolute Gasteiger partial charge is 0.224 e. The summed E-state index contributed by atoms with van der Waals surface area (Å²) < 4.78 is 14.8. The third kappa shape index (κ3) is 2.94. The van der Waals surface area contributed by atoms with Gasteiger partial charge in [-0.3, -0.25) is 0 Å². The van der Waals surface area contributed by atoms with Crippen LogP contribution >= 0.6 is 43.5 Å². The van der Waals surface area contributed by atoms with Crippen molar-refractivity contribution in [3.05, 3.63) is 44.4 Å². The maximum Gasteiger partial charge on any atom is 0.224 e. The molecule has 0 saturated heterocycles.